The molecule has 0 fully saturated rings. The van der Waals surface area contributed by atoms with Crippen molar-refractivity contribution in [3.05, 3.63) is 0 Å². The molecule has 0 saturated carbocycles. The molecule has 1 N–H and O–H groups in total. The zero-order valence-corrected chi connectivity index (χ0v) is 8.30. The molecule has 12 heavy (non-hydrogen) atoms. The van der Waals surface area contributed by atoms with Gasteiger partial charge in [0.15, 0.2) is 5.79 Å². The molecule has 0 aromatic heterocycles. The van der Waals surface area contributed by atoms with E-state index in [0.29, 0.717) is 13.2 Å². The highest BCUT2D eigenvalue weighted by molar-refractivity contribution is 4.47. The van der Waals surface area contributed by atoms with Crippen molar-refractivity contribution >= 4 is 0 Å². The summed E-state index contributed by atoms with van der Waals surface area (Å²) < 4.78 is 10.3. The fourth-order valence-corrected chi connectivity index (χ4v) is 0.699. The van der Waals surface area contributed by atoms with Crippen molar-refractivity contribution in [1.82, 2.24) is 0 Å². The van der Waals surface area contributed by atoms with E-state index >= 15 is 0 Å². The van der Waals surface area contributed by atoms with Crippen LogP contribution in [0.3, 0.4) is 0 Å². The summed E-state index contributed by atoms with van der Waals surface area (Å²) in [6.45, 7) is 7.14. The molecule has 0 amide bonds. The molecule has 0 radical (unpaired) electrons. The Balaban J connectivity index is 3.01. The van der Waals surface area contributed by atoms with E-state index in [1.54, 1.807) is 13.8 Å². The van der Waals surface area contributed by atoms with Crippen molar-refractivity contribution in [3.8, 4) is 0 Å². The molecule has 0 bridgehead atoms. The smallest absolute Gasteiger partial charge is 0.159 e. The van der Waals surface area contributed by atoms with E-state index in [1.165, 1.54) is 0 Å². The molecule has 74 valence electrons. The minimum atomic E-state index is -1.03. The van der Waals surface area contributed by atoms with Gasteiger partial charge in [-0.3, -0.25) is 0 Å². The monoisotopic (exact) mass is 176 g/mol. The molecule has 0 saturated heterocycles. The minimum absolute atomic E-state index is 0.452. The quantitative estimate of drug-likeness (QED) is 0.472. The van der Waals surface area contributed by atoms with Crippen LogP contribution < -0.4 is 0 Å². The van der Waals surface area contributed by atoms with Crippen molar-refractivity contribution in [2.24, 2.45) is 0 Å². The van der Waals surface area contributed by atoms with Crippen molar-refractivity contribution in [2.75, 3.05) is 19.8 Å². The lowest BCUT2D eigenvalue weighted by Crippen LogP contribution is -2.25. The van der Waals surface area contributed by atoms with Crippen LogP contribution >= 0.6 is 0 Å². The molecular weight excluding hydrogens is 156 g/mol. The van der Waals surface area contributed by atoms with E-state index in [9.17, 15) is 0 Å². The van der Waals surface area contributed by atoms with Crippen LogP contribution in [0.1, 0.15) is 33.6 Å². The van der Waals surface area contributed by atoms with E-state index in [1.807, 2.05) is 0 Å². The van der Waals surface area contributed by atoms with Gasteiger partial charge in [0, 0.05) is 6.61 Å². The third kappa shape index (κ3) is 9.88. The zero-order valence-electron chi connectivity index (χ0n) is 8.30. The Bertz CT molecular complexity index is 96.4. The second-order valence-corrected chi connectivity index (χ2v) is 3.26. The highest BCUT2D eigenvalue weighted by atomic mass is 16.6. The van der Waals surface area contributed by atoms with Gasteiger partial charge in [-0.1, -0.05) is 13.3 Å². The van der Waals surface area contributed by atoms with Crippen molar-refractivity contribution in [1.29, 1.82) is 0 Å². The van der Waals surface area contributed by atoms with Crippen molar-refractivity contribution in [2.45, 2.75) is 39.4 Å². The third-order valence-corrected chi connectivity index (χ3v) is 1.33. The number of rotatable bonds is 7. The molecule has 0 heterocycles. The average Bonchev–Trinajstić information content (AvgIpc) is 1.94. The van der Waals surface area contributed by atoms with Gasteiger partial charge in [-0.05, 0) is 20.3 Å². The number of unbranched alkanes of at least 4 members (excludes halogenated alkanes) is 1. The Hall–Kier alpha value is -0.120. The molecule has 0 aromatic rings. The van der Waals surface area contributed by atoms with Gasteiger partial charge >= 0.3 is 0 Å². The average molecular weight is 176 g/mol. The largest absolute Gasteiger partial charge is 0.379 e. The summed E-state index contributed by atoms with van der Waals surface area (Å²) in [6, 6.07) is 0. The van der Waals surface area contributed by atoms with Gasteiger partial charge in [0.05, 0.1) is 13.2 Å². The predicted octanol–water partition coefficient (Wildman–Crippen LogP) is 1.55. The molecule has 0 rings (SSSR count). The molecule has 0 atom stereocenters. The molecule has 3 heteroatoms. The van der Waals surface area contributed by atoms with Crippen LogP contribution in [-0.2, 0) is 9.47 Å². The first-order chi connectivity index (χ1) is 5.56. The fraction of sp³-hybridized carbons (Fsp3) is 1.00. The second kappa shape index (κ2) is 6.40. The van der Waals surface area contributed by atoms with Crippen LogP contribution in [0.5, 0.6) is 0 Å². The second-order valence-electron chi connectivity index (χ2n) is 3.26. The van der Waals surface area contributed by atoms with Crippen LogP contribution in [0.25, 0.3) is 0 Å². The summed E-state index contributed by atoms with van der Waals surface area (Å²) in [7, 11) is 0. The van der Waals surface area contributed by atoms with Gasteiger partial charge in [-0.25, -0.2) is 0 Å². The van der Waals surface area contributed by atoms with Gasteiger partial charge < -0.3 is 14.6 Å². The first kappa shape index (κ1) is 11.9. The van der Waals surface area contributed by atoms with Gasteiger partial charge in [-0.2, -0.15) is 0 Å². The Labute approximate surface area is 74.7 Å². The Morgan fingerprint density at radius 1 is 1.17 bits per heavy atom. The van der Waals surface area contributed by atoms with Crippen LogP contribution in [-0.4, -0.2) is 30.7 Å². The molecule has 0 aromatic carbocycles. The van der Waals surface area contributed by atoms with Crippen LogP contribution in [0, 0.1) is 0 Å². The zero-order chi connectivity index (χ0) is 9.45. The van der Waals surface area contributed by atoms with E-state index in [2.05, 4.69) is 6.92 Å². The topological polar surface area (TPSA) is 38.7 Å². The molecule has 0 unspecified atom stereocenters. The molecule has 0 aliphatic carbocycles. The molecular formula is C9H20O3. The maximum absolute atomic E-state index is 9.14. The summed E-state index contributed by atoms with van der Waals surface area (Å²) in [6.07, 6.45) is 2.23. The van der Waals surface area contributed by atoms with Crippen molar-refractivity contribution in [3.63, 3.8) is 0 Å². The Kier molecular flexibility index (Phi) is 6.34. The molecule has 0 spiro atoms. The molecule has 0 aliphatic heterocycles. The highest BCUT2D eigenvalue weighted by Gasteiger charge is 2.10. The van der Waals surface area contributed by atoms with E-state index in [4.69, 9.17) is 14.6 Å². The van der Waals surface area contributed by atoms with Crippen LogP contribution in [0.2, 0.25) is 0 Å². The number of hydrogen-bond acceptors (Lipinski definition) is 3. The standard InChI is InChI=1S/C9H20O3/c1-4-5-6-11-7-8-12-9(2,3)10/h10H,4-8H2,1-3H3. The van der Waals surface area contributed by atoms with Gasteiger partial charge in [-0.15, -0.1) is 0 Å². The van der Waals surface area contributed by atoms with Gasteiger partial charge in [0.2, 0.25) is 0 Å². The van der Waals surface area contributed by atoms with Crippen LogP contribution in [0.15, 0.2) is 0 Å². The maximum Gasteiger partial charge on any atom is 0.159 e. The lowest BCUT2D eigenvalue weighted by Gasteiger charge is -2.17. The lowest BCUT2D eigenvalue weighted by atomic mass is 10.4. The summed E-state index contributed by atoms with van der Waals surface area (Å²) in [5, 5.41) is 9.14. The minimum Gasteiger partial charge on any atom is -0.379 e. The molecule has 3 nitrogen and oxygen atoms in total. The summed E-state index contributed by atoms with van der Waals surface area (Å²) in [5.41, 5.74) is 0. The Morgan fingerprint density at radius 3 is 2.33 bits per heavy atom. The van der Waals surface area contributed by atoms with E-state index in [0.717, 1.165) is 19.4 Å². The van der Waals surface area contributed by atoms with Gasteiger partial charge in [0.25, 0.3) is 0 Å². The van der Waals surface area contributed by atoms with Crippen LogP contribution in [0.4, 0.5) is 0 Å². The van der Waals surface area contributed by atoms with Gasteiger partial charge in [0.1, 0.15) is 0 Å². The summed E-state index contributed by atoms with van der Waals surface area (Å²) in [5.74, 6) is -1.03. The summed E-state index contributed by atoms with van der Waals surface area (Å²) >= 11 is 0. The van der Waals surface area contributed by atoms with Crippen molar-refractivity contribution < 1.29 is 14.6 Å². The maximum atomic E-state index is 9.14. The predicted molar refractivity (Wildman–Crippen MR) is 48.0 cm³/mol. The lowest BCUT2D eigenvalue weighted by molar-refractivity contribution is -0.183. The normalized spacial score (nSPS) is 12.0. The fourth-order valence-electron chi connectivity index (χ4n) is 0.699. The first-order valence-electron chi connectivity index (χ1n) is 4.50. The number of hydrogen-bond donors (Lipinski definition) is 1. The third-order valence-electron chi connectivity index (χ3n) is 1.33. The molecule has 0 aliphatic rings. The Morgan fingerprint density at radius 2 is 1.83 bits per heavy atom. The number of aliphatic hydroxyl groups is 1. The first-order valence-corrected chi connectivity index (χ1v) is 4.50. The van der Waals surface area contributed by atoms with E-state index in [-0.39, 0.29) is 0 Å². The number of ether oxygens (including phenoxy) is 2. The highest BCUT2D eigenvalue weighted by Crippen LogP contribution is 2.01. The van der Waals surface area contributed by atoms with E-state index < -0.39 is 5.79 Å². The summed E-state index contributed by atoms with van der Waals surface area (Å²) in [4.78, 5) is 0. The SMILES string of the molecule is CCCCOCCOC(C)(C)O.